The average molecular weight is 468 g/mol. The zero-order valence-corrected chi connectivity index (χ0v) is 19.8. The highest BCUT2D eigenvalue weighted by Crippen LogP contribution is 2.33. The first kappa shape index (κ1) is 23.2. The summed E-state index contributed by atoms with van der Waals surface area (Å²) in [5.74, 6) is 1.42. The molecule has 0 unspecified atom stereocenters. The van der Waals surface area contributed by atoms with Gasteiger partial charge in [-0.15, -0.1) is 11.3 Å². The van der Waals surface area contributed by atoms with Gasteiger partial charge in [0.1, 0.15) is 10.7 Å². The van der Waals surface area contributed by atoms with E-state index in [2.05, 4.69) is 52.5 Å². The molecule has 1 aliphatic heterocycles. The van der Waals surface area contributed by atoms with Crippen molar-refractivity contribution in [2.75, 3.05) is 27.1 Å². The molecule has 0 saturated carbocycles. The van der Waals surface area contributed by atoms with Crippen LogP contribution in [0.2, 0.25) is 0 Å². The fourth-order valence-corrected chi connectivity index (χ4v) is 4.42. The molecule has 174 valence electrons. The van der Waals surface area contributed by atoms with Crippen LogP contribution in [0, 0.1) is 6.92 Å². The number of aromatic nitrogens is 1. The molecule has 4 rings (SSSR count). The molecule has 1 aliphatic rings. The monoisotopic (exact) mass is 467 g/mol. The Morgan fingerprint density at radius 1 is 1.09 bits per heavy atom. The molecule has 0 saturated heterocycles. The van der Waals surface area contributed by atoms with Crippen LogP contribution in [0.5, 0.6) is 11.5 Å². The number of aryl methyl sites for hydroxylation is 1. The highest BCUT2D eigenvalue weighted by molar-refractivity contribution is 7.09. The van der Waals surface area contributed by atoms with Crippen molar-refractivity contribution in [3.63, 3.8) is 0 Å². The van der Waals surface area contributed by atoms with Crippen LogP contribution in [-0.4, -0.2) is 42.8 Å². The van der Waals surface area contributed by atoms with Crippen LogP contribution in [0.15, 0.2) is 47.8 Å². The highest BCUT2D eigenvalue weighted by atomic mass is 32.1. The molecule has 1 N–H and O–H groups in total. The normalized spacial score (nSPS) is 12.3. The van der Waals surface area contributed by atoms with Crippen molar-refractivity contribution >= 4 is 17.2 Å². The number of thiazole rings is 1. The summed E-state index contributed by atoms with van der Waals surface area (Å²) in [6, 6.07) is 14.6. The minimum Gasteiger partial charge on any atom is -0.454 e. The van der Waals surface area contributed by atoms with Gasteiger partial charge in [-0.25, -0.2) is 4.98 Å². The Morgan fingerprint density at radius 3 is 2.67 bits per heavy atom. The molecule has 8 heteroatoms. The van der Waals surface area contributed by atoms with E-state index in [0.717, 1.165) is 41.6 Å². The molecule has 0 bridgehead atoms. The van der Waals surface area contributed by atoms with Gasteiger partial charge in [-0.2, -0.15) is 0 Å². The predicted octanol–water partition coefficient (Wildman–Crippen LogP) is 4.15. The standard InChI is InChI=1S/C25H29N3O4S/c1-18-4-6-19(7-5-18)13-28(14-20-8-9-22-23(12-20)32-17-31-22)15-24-27-21(16-33-24)25(29)26-10-3-11-30-2/h4-9,12,16H,3,10-11,13-15,17H2,1-2H3,(H,26,29). The van der Waals surface area contributed by atoms with Crippen molar-refractivity contribution in [2.45, 2.75) is 33.0 Å². The van der Waals surface area contributed by atoms with E-state index >= 15 is 0 Å². The lowest BCUT2D eigenvalue weighted by Crippen LogP contribution is -2.26. The van der Waals surface area contributed by atoms with Crippen molar-refractivity contribution in [2.24, 2.45) is 0 Å². The number of carbonyl (C=O) groups is 1. The van der Waals surface area contributed by atoms with Gasteiger partial charge in [0.05, 0.1) is 6.54 Å². The van der Waals surface area contributed by atoms with E-state index in [9.17, 15) is 4.79 Å². The van der Waals surface area contributed by atoms with Gasteiger partial charge in [-0.1, -0.05) is 35.9 Å². The van der Waals surface area contributed by atoms with Crippen LogP contribution in [0.1, 0.15) is 38.6 Å². The Bertz CT molecular complexity index is 1070. The van der Waals surface area contributed by atoms with E-state index in [1.165, 1.54) is 22.5 Å². The number of hydrogen-bond donors (Lipinski definition) is 1. The molecular formula is C25H29N3O4S. The fraction of sp³-hybridized carbons (Fsp3) is 0.360. The smallest absolute Gasteiger partial charge is 0.270 e. The number of ether oxygens (including phenoxy) is 3. The molecule has 0 aliphatic carbocycles. The van der Waals surface area contributed by atoms with Crippen LogP contribution >= 0.6 is 11.3 Å². The third-order valence-electron chi connectivity index (χ3n) is 5.32. The third kappa shape index (κ3) is 6.54. The lowest BCUT2D eigenvalue weighted by Gasteiger charge is -2.22. The Labute approximate surface area is 198 Å². The Kier molecular flexibility index (Phi) is 7.93. The van der Waals surface area contributed by atoms with E-state index < -0.39 is 0 Å². The Balaban J connectivity index is 1.44. The highest BCUT2D eigenvalue weighted by Gasteiger charge is 2.17. The van der Waals surface area contributed by atoms with Gasteiger partial charge in [0.15, 0.2) is 11.5 Å². The summed E-state index contributed by atoms with van der Waals surface area (Å²) < 4.78 is 16.0. The maximum atomic E-state index is 12.4. The third-order valence-corrected chi connectivity index (χ3v) is 6.16. The van der Waals surface area contributed by atoms with Crippen molar-refractivity contribution in [1.29, 1.82) is 0 Å². The van der Waals surface area contributed by atoms with Gasteiger partial charge in [0.25, 0.3) is 5.91 Å². The van der Waals surface area contributed by atoms with Crippen molar-refractivity contribution in [3.8, 4) is 11.5 Å². The van der Waals surface area contributed by atoms with Crippen molar-refractivity contribution in [3.05, 3.63) is 75.2 Å². The summed E-state index contributed by atoms with van der Waals surface area (Å²) in [6.45, 7) is 5.69. The van der Waals surface area contributed by atoms with Gasteiger partial charge in [0.2, 0.25) is 6.79 Å². The van der Waals surface area contributed by atoms with Crippen LogP contribution in [0.3, 0.4) is 0 Å². The maximum absolute atomic E-state index is 12.4. The van der Waals surface area contributed by atoms with Gasteiger partial charge in [-0.05, 0) is 36.6 Å². The van der Waals surface area contributed by atoms with E-state index in [1.54, 1.807) is 7.11 Å². The first-order valence-electron chi connectivity index (χ1n) is 11.0. The number of nitrogens with zero attached hydrogens (tertiary/aromatic N) is 2. The first-order valence-corrected chi connectivity index (χ1v) is 11.9. The van der Waals surface area contributed by atoms with Crippen molar-refractivity contribution in [1.82, 2.24) is 15.2 Å². The predicted molar refractivity (Wildman–Crippen MR) is 128 cm³/mol. The largest absolute Gasteiger partial charge is 0.454 e. The van der Waals surface area contributed by atoms with Gasteiger partial charge in [0, 0.05) is 38.7 Å². The number of benzene rings is 2. The number of methoxy groups -OCH3 is 1. The summed E-state index contributed by atoms with van der Waals surface area (Å²) >= 11 is 1.51. The number of carbonyl (C=O) groups excluding carboxylic acids is 1. The van der Waals surface area contributed by atoms with E-state index in [4.69, 9.17) is 14.2 Å². The topological polar surface area (TPSA) is 72.9 Å². The SMILES string of the molecule is COCCCNC(=O)c1csc(CN(Cc2ccc(C)cc2)Cc2ccc3c(c2)OCO3)n1. The molecule has 0 radical (unpaired) electrons. The summed E-state index contributed by atoms with van der Waals surface area (Å²) in [7, 11) is 1.65. The molecule has 1 amide bonds. The number of nitrogens with one attached hydrogen (secondary N) is 1. The van der Waals surface area contributed by atoms with Gasteiger partial charge >= 0.3 is 0 Å². The molecule has 0 atom stereocenters. The number of rotatable bonds is 11. The van der Waals surface area contributed by atoms with E-state index in [-0.39, 0.29) is 12.7 Å². The summed E-state index contributed by atoms with van der Waals surface area (Å²) in [4.78, 5) is 19.3. The minimum absolute atomic E-state index is 0.144. The first-order chi connectivity index (χ1) is 16.1. The molecule has 2 heterocycles. The number of amides is 1. The van der Waals surface area contributed by atoms with Crippen LogP contribution in [-0.2, 0) is 24.4 Å². The molecular weight excluding hydrogens is 438 g/mol. The lowest BCUT2D eigenvalue weighted by atomic mass is 10.1. The summed E-state index contributed by atoms with van der Waals surface area (Å²) in [5, 5.41) is 5.63. The zero-order chi connectivity index (χ0) is 23.0. The van der Waals surface area contributed by atoms with E-state index in [0.29, 0.717) is 25.4 Å². The Hall–Kier alpha value is -2.94. The minimum atomic E-state index is -0.144. The number of fused-ring (bicyclic) bond motifs is 1. The quantitative estimate of drug-likeness (QED) is 0.427. The van der Waals surface area contributed by atoms with Crippen LogP contribution in [0.25, 0.3) is 0 Å². The van der Waals surface area contributed by atoms with Crippen LogP contribution < -0.4 is 14.8 Å². The second-order valence-electron chi connectivity index (χ2n) is 8.05. The second kappa shape index (κ2) is 11.3. The summed E-state index contributed by atoms with van der Waals surface area (Å²) in [6.07, 6.45) is 0.777. The molecule has 2 aromatic carbocycles. The lowest BCUT2D eigenvalue weighted by molar-refractivity contribution is 0.0944. The van der Waals surface area contributed by atoms with Crippen molar-refractivity contribution < 1.29 is 19.0 Å². The molecule has 3 aromatic rings. The maximum Gasteiger partial charge on any atom is 0.270 e. The zero-order valence-electron chi connectivity index (χ0n) is 19.0. The molecule has 7 nitrogen and oxygen atoms in total. The molecule has 0 spiro atoms. The summed E-state index contributed by atoms with van der Waals surface area (Å²) in [5.41, 5.74) is 4.07. The Morgan fingerprint density at radius 2 is 1.85 bits per heavy atom. The van der Waals surface area contributed by atoms with Crippen LogP contribution in [0.4, 0.5) is 0 Å². The van der Waals surface area contributed by atoms with E-state index in [1.807, 2.05) is 17.5 Å². The fourth-order valence-electron chi connectivity index (χ4n) is 3.60. The van der Waals surface area contributed by atoms with Gasteiger partial charge < -0.3 is 19.5 Å². The average Bonchev–Trinajstić information content (AvgIpc) is 3.47. The number of hydrogen-bond acceptors (Lipinski definition) is 7. The molecule has 1 aromatic heterocycles. The molecule has 33 heavy (non-hydrogen) atoms. The second-order valence-corrected chi connectivity index (χ2v) is 8.99. The molecule has 0 fully saturated rings. The van der Waals surface area contributed by atoms with Gasteiger partial charge in [-0.3, -0.25) is 9.69 Å².